The Kier molecular flexibility index (Phi) is 12.6. The van der Waals surface area contributed by atoms with E-state index in [0.29, 0.717) is 38.9 Å². The van der Waals surface area contributed by atoms with Crippen molar-refractivity contribution in [1.82, 2.24) is 0 Å². The second-order valence-electron chi connectivity index (χ2n) is 17.3. The van der Waals surface area contributed by atoms with Crippen LogP contribution < -0.4 is 9.80 Å². The quantitative estimate of drug-likeness (QED) is 0.120. The van der Waals surface area contributed by atoms with Gasteiger partial charge >= 0.3 is 0 Å². The molecule has 0 N–H and O–H groups in total. The highest BCUT2D eigenvalue weighted by atomic mass is 35.5. The first kappa shape index (κ1) is 44.7. The summed E-state index contributed by atoms with van der Waals surface area (Å²) in [4.78, 5) is 4.22. The SMILES string of the molecule is Fc1cc(N(c2cc(Cl)cc(N(c3ccc(-c4ccccc4)c(F)c3)c3c(-c4ccccc4)cccc3-c3ccccc3)c2)c2c(-c3ccccc3)cccc2-c2ccccc2)ccc1-c1ccccc1. The van der Waals surface area contributed by atoms with E-state index in [2.05, 4.69) is 101 Å². The average Bonchev–Trinajstić information content (AvgIpc) is 3.42. The van der Waals surface area contributed by atoms with Crippen LogP contribution in [0.2, 0.25) is 5.02 Å². The number of rotatable bonds is 12. The molecule has 11 aromatic carbocycles. The van der Waals surface area contributed by atoms with Gasteiger partial charge in [-0.05, 0) is 88.0 Å². The monoisotopic (exact) mass is 938 g/mol. The Balaban J connectivity index is 1.22. The topological polar surface area (TPSA) is 6.48 Å². The molecule has 0 saturated carbocycles. The summed E-state index contributed by atoms with van der Waals surface area (Å²) in [5.74, 6) is -0.751. The minimum atomic E-state index is -0.376. The van der Waals surface area contributed by atoms with Crippen LogP contribution in [0.25, 0.3) is 66.8 Å². The molecule has 0 spiro atoms. The molecule has 0 aromatic heterocycles. The van der Waals surface area contributed by atoms with Crippen molar-refractivity contribution >= 4 is 45.7 Å². The Hall–Kier alpha value is -8.83. The fourth-order valence-corrected chi connectivity index (χ4v) is 9.82. The van der Waals surface area contributed by atoms with Crippen molar-refractivity contribution in [2.24, 2.45) is 0 Å². The van der Waals surface area contributed by atoms with Crippen LogP contribution in [0, 0.1) is 11.6 Å². The molecule has 0 amide bonds. The van der Waals surface area contributed by atoms with E-state index in [1.165, 1.54) is 0 Å². The van der Waals surface area contributed by atoms with Gasteiger partial charge in [-0.15, -0.1) is 0 Å². The maximum absolute atomic E-state index is 17.0. The summed E-state index contributed by atoms with van der Waals surface area (Å²) in [6.07, 6.45) is 0. The molecule has 0 saturated heterocycles. The van der Waals surface area contributed by atoms with Gasteiger partial charge in [0.1, 0.15) is 11.6 Å². The summed E-state index contributed by atoms with van der Waals surface area (Å²) in [6.45, 7) is 0. The van der Waals surface area contributed by atoms with Gasteiger partial charge < -0.3 is 9.80 Å². The second-order valence-corrected chi connectivity index (χ2v) is 17.7. The Morgan fingerprint density at radius 2 is 0.507 bits per heavy atom. The molecule has 0 aliphatic heterocycles. The number of nitrogens with zero attached hydrogens (tertiary/aromatic N) is 2. The van der Waals surface area contributed by atoms with Gasteiger partial charge in [-0.3, -0.25) is 0 Å². The number of benzene rings is 11. The smallest absolute Gasteiger partial charge is 0.133 e. The summed E-state index contributed by atoms with van der Waals surface area (Å²) in [5.41, 5.74) is 14.3. The molecule has 0 heterocycles. The fraction of sp³-hybridized carbons (Fsp3) is 0. The number of hydrogen-bond acceptors (Lipinski definition) is 2. The number of halogens is 3. The number of hydrogen-bond donors (Lipinski definition) is 0. The maximum Gasteiger partial charge on any atom is 0.133 e. The molecule has 11 rings (SSSR count). The molecule has 0 fully saturated rings. The van der Waals surface area contributed by atoms with Gasteiger partial charge in [0.05, 0.1) is 11.4 Å². The third-order valence-corrected chi connectivity index (χ3v) is 13.1. The maximum atomic E-state index is 17.0. The molecule has 0 radical (unpaired) electrons. The fourth-order valence-electron chi connectivity index (χ4n) is 9.59. The van der Waals surface area contributed by atoms with Crippen molar-refractivity contribution < 1.29 is 8.78 Å². The van der Waals surface area contributed by atoms with Gasteiger partial charge in [-0.25, -0.2) is 8.78 Å². The third-order valence-electron chi connectivity index (χ3n) is 12.8. The zero-order valence-corrected chi connectivity index (χ0v) is 39.3. The van der Waals surface area contributed by atoms with Crippen molar-refractivity contribution in [2.45, 2.75) is 0 Å². The lowest BCUT2D eigenvalue weighted by molar-refractivity contribution is 0.631. The summed E-state index contributed by atoms with van der Waals surface area (Å²) < 4.78 is 34.0. The highest BCUT2D eigenvalue weighted by Gasteiger charge is 2.27. The normalized spacial score (nSPS) is 11.0. The Morgan fingerprint density at radius 1 is 0.239 bits per heavy atom. The van der Waals surface area contributed by atoms with Crippen LogP contribution >= 0.6 is 11.6 Å². The van der Waals surface area contributed by atoms with E-state index >= 15 is 8.78 Å². The van der Waals surface area contributed by atoms with Crippen molar-refractivity contribution in [3.63, 3.8) is 0 Å². The van der Waals surface area contributed by atoms with E-state index in [1.54, 1.807) is 12.1 Å². The van der Waals surface area contributed by atoms with E-state index in [1.807, 2.05) is 170 Å². The lowest BCUT2D eigenvalue weighted by atomic mass is 9.93. The molecule has 340 valence electrons. The molecule has 11 aromatic rings. The standard InChI is InChI=1S/C66H45ClF2N2/c67-52-41-55(70(53-37-39-57(63(68)44-53)46-21-7-1-8-22-46)65-59(48-25-11-3-12-26-48)33-19-34-60(65)49-27-13-4-14-28-49)43-56(42-52)71(54-38-40-58(64(69)45-54)47-23-9-2-10-24-47)66-61(50-29-15-5-16-30-50)35-20-36-62(66)51-31-17-6-18-32-51/h1-45H. The molecule has 0 atom stereocenters. The van der Waals surface area contributed by atoms with Crippen molar-refractivity contribution in [3.8, 4) is 66.8 Å². The average molecular weight is 940 g/mol. The molecule has 0 unspecified atom stereocenters. The van der Waals surface area contributed by atoms with Crippen molar-refractivity contribution in [1.29, 1.82) is 0 Å². The van der Waals surface area contributed by atoms with Crippen molar-refractivity contribution in [2.75, 3.05) is 9.80 Å². The molecular formula is C66H45ClF2N2. The van der Waals surface area contributed by atoms with Crippen LogP contribution in [0.15, 0.2) is 273 Å². The van der Waals surface area contributed by atoms with Crippen LogP contribution in [0.3, 0.4) is 0 Å². The number of anilines is 6. The van der Waals surface area contributed by atoms with Gasteiger partial charge in [-0.1, -0.05) is 230 Å². The lowest BCUT2D eigenvalue weighted by Crippen LogP contribution is -2.16. The predicted molar refractivity (Wildman–Crippen MR) is 293 cm³/mol. The van der Waals surface area contributed by atoms with Gasteiger partial charge in [-0.2, -0.15) is 0 Å². The van der Waals surface area contributed by atoms with E-state index in [4.69, 9.17) is 11.6 Å². The summed E-state index contributed by atoms with van der Waals surface area (Å²) >= 11 is 7.49. The summed E-state index contributed by atoms with van der Waals surface area (Å²) in [5, 5.41) is 0.423. The Labute approximate surface area is 418 Å². The van der Waals surface area contributed by atoms with Crippen LogP contribution in [-0.2, 0) is 0 Å². The zero-order valence-electron chi connectivity index (χ0n) is 38.5. The molecule has 2 nitrogen and oxygen atoms in total. The highest BCUT2D eigenvalue weighted by molar-refractivity contribution is 6.31. The lowest BCUT2D eigenvalue weighted by Gasteiger charge is -2.34. The molecule has 0 aliphatic carbocycles. The van der Waals surface area contributed by atoms with Crippen LogP contribution in [0.1, 0.15) is 0 Å². The third kappa shape index (κ3) is 9.13. The van der Waals surface area contributed by atoms with Gasteiger partial charge in [0.2, 0.25) is 0 Å². The van der Waals surface area contributed by atoms with E-state index < -0.39 is 0 Å². The Bertz CT molecular complexity index is 3260. The Morgan fingerprint density at radius 3 is 0.775 bits per heavy atom. The first-order valence-corrected chi connectivity index (χ1v) is 23.9. The van der Waals surface area contributed by atoms with Gasteiger partial charge in [0.25, 0.3) is 0 Å². The van der Waals surface area contributed by atoms with Gasteiger partial charge in [0, 0.05) is 61.2 Å². The molecule has 5 heteroatoms. The van der Waals surface area contributed by atoms with Crippen molar-refractivity contribution in [3.05, 3.63) is 290 Å². The predicted octanol–water partition coefficient (Wildman–Crippen LogP) is 19.6. The molecule has 71 heavy (non-hydrogen) atoms. The van der Waals surface area contributed by atoms with Gasteiger partial charge in [0.15, 0.2) is 0 Å². The van der Waals surface area contributed by atoms with E-state index in [-0.39, 0.29) is 11.6 Å². The first-order chi connectivity index (χ1) is 35.0. The highest BCUT2D eigenvalue weighted by Crippen LogP contribution is 2.52. The van der Waals surface area contributed by atoms with E-state index in [9.17, 15) is 0 Å². The summed E-state index contributed by atoms with van der Waals surface area (Å²) in [7, 11) is 0. The molecule has 0 bridgehead atoms. The molecule has 0 aliphatic rings. The number of para-hydroxylation sites is 2. The second kappa shape index (κ2) is 20.0. The van der Waals surface area contributed by atoms with Crippen LogP contribution in [-0.4, -0.2) is 0 Å². The van der Waals surface area contributed by atoms with E-state index in [0.717, 1.165) is 67.0 Å². The minimum absolute atomic E-state index is 0.376. The van der Waals surface area contributed by atoms with Crippen LogP contribution in [0.5, 0.6) is 0 Å². The zero-order chi connectivity index (χ0) is 48.1. The largest absolute Gasteiger partial charge is 0.309 e. The molecular weight excluding hydrogens is 894 g/mol. The minimum Gasteiger partial charge on any atom is -0.309 e. The van der Waals surface area contributed by atoms with Crippen LogP contribution in [0.4, 0.5) is 42.9 Å². The summed E-state index contributed by atoms with van der Waals surface area (Å²) in [6, 6.07) is 89.4. The first-order valence-electron chi connectivity index (χ1n) is 23.6.